The fraction of sp³-hybridized carbons (Fsp3) is 0. The second kappa shape index (κ2) is 5.05. The first-order valence-electron chi connectivity index (χ1n) is 3.25. The van der Waals surface area contributed by atoms with Crippen LogP contribution in [0.3, 0.4) is 0 Å². The van der Waals surface area contributed by atoms with Gasteiger partial charge in [-0.2, -0.15) is 16.8 Å². The van der Waals surface area contributed by atoms with Gasteiger partial charge in [-0.15, -0.1) is 0 Å². The zero-order chi connectivity index (χ0) is 11.2. The number of hydrogen-bond donors (Lipinski definition) is 2. The molecule has 0 aliphatic carbocycles. The highest BCUT2D eigenvalue weighted by Crippen LogP contribution is 1.86. The number of rotatable bonds is 1. The first-order valence-corrected chi connectivity index (χ1v) is 6.75. The van der Waals surface area contributed by atoms with Crippen molar-refractivity contribution in [2.45, 2.75) is 0 Å². The van der Waals surface area contributed by atoms with E-state index >= 15 is 0 Å². The van der Waals surface area contributed by atoms with Crippen LogP contribution in [0, 0.1) is 0 Å². The minimum atomic E-state index is -5.09. The van der Waals surface area contributed by atoms with Gasteiger partial charge in [0, 0.05) is 0 Å². The molecule has 1 rings (SSSR count). The van der Waals surface area contributed by atoms with E-state index in [9.17, 15) is 16.8 Å². The maximum absolute atomic E-state index is 9.59. The maximum Gasteiger partial charge on any atom is 0.386 e. The molecule has 0 unspecified atom stereocenters. The fourth-order valence-electron chi connectivity index (χ4n) is 0.385. The molecule has 0 amide bonds. The SMILES string of the molecule is NS(=O)(=O)S(=O)(=O)O.c1ccccc1. The average Bonchev–Trinajstić information content (AvgIpc) is 2.05. The zero-order valence-corrected chi connectivity index (χ0v) is 8.57. The Labute approximate surface area is 81.6 Å². The van der Waals surface area contributed by atoms with Crippen LogP contribution in [-0.4, -0.2) is 21.4 Å². The van der Waals surface area contributed by atoms with Gasteiger partial charge >= 0.3 is 18.2 Å². The molecule has 0 saturated heterocycles. The molecule has 0 aliphatic heterocycles. The Hall–Kier alpha value is -0.960. The standard InChI is InChI=1S/C6H6.H3NO5S2/c1-2-4-6-5-3-1;1-7(2,3)8(4,5)6/h1-6H;(H2,1,2,3)(H,4,5,6). The van der Waals surface area contributed by atoms with Crippen LogP contribution in [-0.2, 0) is 18.2 Å². The van der Waals surface area contributed by atoms with Gasteiger partial charge in [0.25, 0.3) is 0 Å². The molecular weight excluding hydrogens is 230 g/mol. The van der Waals surface area contributed by atoms with Crippen molar-refractivity contribution in [2.24, 2.45) is 5.14 Å². The smallest absolute Gasteiger partial charge is 0.273 e. The minimum Gasteiger partial charge on any atom is -0.273 e. The largest absolute Gasteiger partial charge is 0.386 e. The second-order valence-corrected chi connectivity index (χ2v) is 6.57. The van der Waals surface area contributed by atoms with Gasteiger partial charge in [0.2, 0.25) is 0 Å². The van der Waals surface area contributed by atoms with E-state index in [1.165, 1.54) is 0 Å². The van der Waals surface area contributed by atoms with Crippen molar-refractivity contribution in [3.8, 4) is 0 Å². The van der Waals surface area contributed by atoms with Gasteiger partial charge in [-0.3, -0.25) is 4.55 Å². The second-order valence-electron chi connectivity index (χ2n) is 2.08. The third-order valence-electron chi connectivity index (χ3n) is 0.960. The lowest BCUT2D eigenvalue weighted by molar-refractivity contribution is 0.493. The Kier molecular flexibility index (Phi) is 4.71. The van der Waals surface area contributed by atoms with Gasteiger partial charge < -0.3 is 0 Å². The summed E-state index contributed by atoms with van der Waals surface area (Å²) in [6.07, 6.45) is 0. The Morgan fingerprint density at radius 3 is 1.00 bits per heavy atom. The summed E-state index contributed by atoms with van der Waals surface area (Å²) >= 11 is 0. The Bertz CT molecular complexity index is 394. The van der Waals surface area contributed by atoms with Gasteiger partial charge in [-0.05, 0) is 0 Å². The highest BCUT2D eigenvalue weighted by atomic mass is 33.2. The van der Waals surface area contributed by atoms with E-state index in [0.717, 1.165) is 0 Å². The van der Waals surface area contributed by atoms with E-state index in [1.54, 1.807) is 0 Å². The Balaban J connectivity index is 0.000000249. The van der Waals surface area contributed by atoms with Gasteiger partial charge in [-0.25, -0.2) is 5.14 Å². The van der Waals surface area contributed by atoms with E-state index in [0.29, 0.717) is 0 Å². The van der Waals surface area contributed by atoms with Crippen molar-refractivity contribution >= 4 is 18.2 Å². The van der Waals surface area contributed by atoms with Crippen molar-refractivity contribution in [3.05, 3.63) is 36.4 Å². The van der Waals surface area contributed by atoms with Crippen LogP contribution >= 0.6 is 0 Å². The van der Waals surface area contributed by atoms with Crippen LogP contribution < -0.4 is 5.14 Å². The first kappa shape index (κ1) is 13.0. The van der Waals surface area contributed by atoms with Gasteiger partial charge in [0.15, 0.2) is 0 Å². The van der Waals surface area contributed by atoms with Crippen LogP contribution in [0.2, 0.25) is 0 Å². The molecule has 8 heteroatoms. The summed E-state index contributed by atoms with van der Waals surface area (Å²) in [7, 11) is -9.90. The minimum absolute atomic E-state index is 2.00. The van der Waals surface area contributed by atoms with Crippen molar-refractivity contribution in [1.29, 1.82) is 0 Å². The lowest BCUT2D eigenvalue weighted by Gasteiger charge is -1.86. The Morgan fingerprint density at radius 2 is 0.929 bits per heavy atom. The first-order chi connectivity index (χ1) is 6.25. The molecule has 0 saturated carbocycles. The fourth-order valence-corrected chi connectivity index (χ4v) is 0.385. The summed E-state index contributed by atoms with van der Waals surface area (Å²) in [5, 5.41) is 3.95. The molecule has 0 heterocycles. The summed E-state index contributed by atoms with van der Waals surface area (Å²) in [6, 6.07) is 12.0. The van der Waals surface area contributed by atoms with Crippen molar-refractivity contribution in [3.63, 3.8) is 0 Å². The zero-order valence-electron chi connectivity index (χ0n) is 6.94. The van der Waals surface area contributed by atoms with Crippen LogP contribution in [0.25, 0.3) is 0 Å². The molecule has 14 heavy (non-hydrogen) atoms. The lowest BCUT2D eigenvalue weighted by Crippen LogP contribution is -2.22. The third-order valence-corrected chi connectivity index (χ3v) is 3.31. The monoisotopic (exact) mass is 239 g/mol. The highest BCUT2D eigenvalue weighted by molar-refractivity contribution is 8.64. The molecule has 0 radical (unpaired) electrons. The van der Waals surface area contributed by atoms with Crippen LogP contribution in [0.15, 0.2) is 36.4 Å². The normalized spacial score (nSPS) is 11.3. The van der Waals surface area contributed by atoms with Crippen LogP contribution in [0.4, 0.5) is 0 Å². The molecule has 3 N–H and O–H groups in total. The van der Waals surface area contributed by atoms with Gasteiger partial charge in [0.05, 0.1) is 0 Å². The van der Waals surface area contributed by atoms with Crippen molar-refractivity contribution in [2.75, 3.05) is 0 Å². The lowest BCUT2D eigenvalue weighted by atomic mass is 10.4. The molecule has 0 fully saturated rings. The quantitative estimate of drug-likeness (QED) is 0.518. The maximum atomic E-state index is 9.59. The number of nitrogens with two attached hydrogens (primary N) is 1. The molecule has 1 aromatic carbocycles. The molecule has 0 bridgehead atoms. The predicted octanol–water partition coefficient (Wildman–Crippen LogP) is -0.236. The van der Waals surface area contributed by atoms with E-state index < -0.39 is 18.2 Å². The molecule has 0 spiro atoms. The van der Waals surface area contributed by atoms with E-state index in [-0.39, 0.29) is 0 Å². The van der Waals surface area contributed by atoms with Crippen LogP contribution in [0.1, 0.15) is 0 Å². The number of hydrogen-bond acceptors (Lipinski definition) is 4. The average molecular weight is 239 g/mol. The summed E-state index contributed by atoms with van der Waals surface area (Å²) in [5.74, 6) is 0. The van der Waals surface area contributed by atoms with E-state index in [4.69, 9.17) is 4.55 Å². The number of benzene rings is 1. The summed E-state index contributed by atoms with van der Waals surface area (Å²) in [6.45, 7) is 0. The summed E-state index contributed by atoms with van der Waals surface area (Å²) < 4.78 is 45.8. The molecule has 80 valence electrons. The van der Waals surface area contributed by atoms with Gasteiger partial charge in [0.1, 0.15) is 0 Å². The van der Waals surface area contributed by atoms with Crippen molar-refractivity contribution in [1.82, 2.24) is 0 Å². The van der Waals surface area contributed by atoms with E-state index in [1.807, 2.05) is 36.4 Å². The van der Waals surface area contributed by atoms with Crippen LogP contribution in [0.5, 0.6) is 0 Å². The molecule has 6 nitrogen and oxygen atoms in total. The highest BCUT2D eigenvalue weighted by Gasteiger charge is 2.20. The molecule has 0 aliphatic rings. The molecule has 0 atom stereocenters. The van der Waals surface area contributed by atoms with Crippen molar-refractivity contribution < 1.29 is 21.4 Å². The topological polar surface area (TPSA) is 115 Å². The predicted molar refractivity (Wildman–Crippen MR) is 51.1 cm³/mol. The van der Waals surface area contributed by atoms with Gasteiger partial charge in [-0.1, -0.05) is 36.4 Å². The van der Waals surface area contributed by atoms with E-state index in [2.05, 4.69) is 5.14 Å². The molecular formula is C6H9NO5S2. The third kappa shape index (κ3) is 5.65. The molecule has 0 aromatic heterocycles. The Morgan fingerprint density at radius 1 is 0.786 bits per heavy atom. The molecule has 1 aromatic rings. The summed E-state index contributed by atoms with van der Waals surface area (Å²) in [5.41, 5.74) is 0. The summed E-state index contributed by atoms with van der Waals surface area (Å²) in [4.78, 5) is 0.